The molecular formula is C17H27NO3. The van der Waals surface area contributed by atoms with Crippen molar-refractivity contribution in [3.05, 3.63) is 29.3 Å². The van der Waals surface area contributed by atoms with Gasteiger partial charge in [-0.25, -0.2) is 0 Å². The summed E-state index contributed by atoms with van der Waals surface area (Å²) in [7, 11) is 1.40. The molecule has 0 spiro atoms. The third-order valence-electron chi connectivity index (χ3n) is 3.47. The summed E-state index contributed by atoms with van der Waals surface area (Å²) in [6.45, 7) is 11.1. The van der Waals surface area contributed by atoms with Crippen molar-refractivity contribution in [3.63, 3.8) is 0 Å². The summed E-state index contributed by atoms with van der Waals surface area (Å²) in [5.41, 5.74) is 1.63. The summed E-state index contributed by atoms with van der Waals surface area (Å²) >= 11 is 0. The van der Waals surface area contributed by atoms with E-state index in [1.165, 1.54) is 12.7 Å². The van der Waals surface area contributed by atoms with Crippen molar-refractivity contribution in [2.75, 3.05) is 20.3 Å². The van der Waals surface area contributed by atoms with Crippen LogP contribution in [-0.4, -0.2) is 26.2 Å². The molecule has 0 amide bonds. The van der Waals surface area contributed by atoms with E-state index < -0.39 is 5.41 Å². The van der Waals surface area contributed by atoms with Gasteiger partial charge in [0.05, 0.1) is 12.5 Å². The Morgan fingerprint density at radius 3 is 2.62 bits per heavy atom. The van der Waals surface area contributed by atoms with Crippen molar-refractivity contribution in [1.82, 2.24) is 5.32 Å². The number of hydrogen-bond acceptors (Lipinski definition) is 4. The van der Waals surface area contributed by atoms with Crippen LogP contribution in [0.15, 0.2) is 18.2 Å². The number of esters is 1. The summed E-state index contributed by atoms with van der Waals surface area (Å²) in [6, 6.07) is 6.30. The Bertz CT molecular complexity index is 483. The lowest BCUT2D eigenvalue weighted by Gasteiger charge is -2.24. The number of carbonyl (C=O) groups excluding carboxylic acids is 1. The van der Waals surface area contributed by atoms with Gasteiger partial charge in [-0.1, -0.05) is 24.6 Å². The molecule has 1 N–H and O–H groups in total. The van der Waals surface area contributed by atoms with Crippen molar-refractivity contribution < 1.29 is 14.3 Å². The van der Waals surface area contributed by atoms with Crippen LogP contribution in [0.3, 0.4) is 0 Å². The largest absolute Gasteiger partial charge is 0.492 e. The highest BCUT2D eigenvalue weighted by molar-refractivity contribution is 5.75. The second kappa shape index (κ2) is 7.46. The molecule has 21 heavy (non-hydrogen) atoms. The third-order valence-corrected chi connectivity index (χ3v) is 3.47. The van der Waals surface area contributed by atoms with E-state index in [4.69, 9.17) is 9.47 Å². The molecule has 1 aromatic rings. The molecular weight excluding hydrogens is 266 g/mol. The number of ether oxygens (including phenoxy) is 2. The monoisotopic (exact) mass is 293 g/mol. The molecule has 0 saturated heterocycles. The molecule has 0 aliphatic carbocycles. The number of hydrogen-bond donors (Lipinski definition) is 1. The Morgan fingerprint density at radius 2 is 2.05 bits per heavy atom. The van der Waals surface area contributed by atoms with E-state index in [0.717, 1.165) is 17.9 Å². The van der Waals surface area contributed by atoms with Crippen LogP contribution in [0.5, 0.6) is 5.75 Å². The molecule has 0 radical (unpaired) electrons. The normalized spacial score (nSPS) is 12.9. The molecule has 4 nitrogen and oxygen atoms in total. The number of rotatable bonds is 7. The highest BCUT2D eigenvalue weighted by Gasteiger charge is 2.30. The standard InChI is InChI=1S/C17H27NO3/c1-7-18-13(3)14-10-12(2)8-9-15(14)21-11-17(4,5)16(19)20-6/h8-10,13,18H,7,11H2,1-6H3. The van der Waals surface area contributed by atoms with E-state index in [2.05, 4.69) is 32.2 Å². The molecule has 1 unspecified atom stereocenters. The molecule has 1 aromatic carbocycles. The summed E-state index contributed by atoms with van der Waals surface area (Å²) in [5.74, 6) is 0.543. The van der Waals surface area contributed by atoms with E-state index in [9.17, 15) is 4.79 Å². The lowest BCUT2D eigenvalue weighted by atomic mass is 9.95. The average molecular weight is 293 g/mol. The maximum Gasteiger partial charge on any atom is 0.314 e. The average Bonchev–Trinajstić information content (AvgIpc) is 2.45. The van der Waals surface area contributed by atoms with E-state index in [-0.39, 0.29) is 18.6 Å². The molecule has 118 valence electrons. The maximum absolute atomic E-state index is 11.7. The lowest BCUT2D eigenvalue weighted by molar-refractivity contribution is -0.152. The molecule has 0 bridgehead atoms. The van der Waals surface area contributed by atoms with Gasteiger partial charge in [-0.05, 0) is 40.3 Å². The number of carbonyl (C=O) groups is 1. The SMILES string of the molecule is CCNC(C)c1cc(C)ccc1OCC(C)(C)C(=O)OC. The highest BCUT2D eigenvalue weighted by Crippen LogP contribution is 2.28. The van der Waals surface area contributed by atoms with E-state index >= 15 is 0 Å². The molecule has 0 aromatic heterocycles. The van der Waals surface area contributed by atoms with Crippen LogP contribution in [-0.2, 0) is 9.53 Å². The molecule has 0 heterocycles. The number of aryl methyl sites for hydroxylation is 1. The van der Waals surface area contributed by atoms with Crippen molar-refractivity contribution in [2.45, 2.75) is 40.7 Å². The Hall–Kier alpha value is -1.55. The topological polar surface area (TPSA) is 47.6 Å². The van der Waals surface area contributed by atoms with Crippen LogP contribution in [0.4, 0.5) is 0 Å². The van der Waals surface area contributed by atoms with Crippen molar-refractivity contribution in [2.24, 2.45) is 5.41 Å². The van der Waals surface area contributed by atoms with Gasteiger partial charge in [0, 0.05) is 11.6 Å². The van der Waals surface area contributed by atoms with Crippen LogP contribution in [0.1, 0.15) is 44.9 Å². The smallest absolute Gasteiger partial charge is 0.314 e. The van der Waals surface area contributed by atoms with Gasteiger partial charge in [-0.2, -0.15) is 0 Å². The van der Waals surface area contributed by atoms with Crippen LogP contribution < -0.4 is 10.1 Å². The summed E-state index contributed by atoms with van der Waals surface area (Å²) in [5, 5.41) is 3.39. The van der Waals surface area contributed by atoms with Gasteiger partial charge in [0.15, 0.2) is 0 Å². The predicted molar refractivity (Wildman–Crippen MR) is 84.6 cm³/mol. The van der Waals surface area contributed by atoms with Crippen LogP contribution in [0.25, 0.3) is 0 Å². The zero-order chi connectivity index (χ0) is 16.0. The van der Waals surface area contributed by atoms with E-state index in [0.29, 0.717) is 0 Å². The summed E-state index contributed by atoms with van der Waals surface area (Å²) in [4.78, 5) is 11.7. The molecule has 1 rings (SSSR count). The van der Waals surface area contributed by atoms with Gasteiger partial charge < -0.3 is 14.8 Å². The Labute approximate surface area is 127 Å². The Balaban J connectivity index is 2.90. The Morgan fingerprint density at radius 1 is 1.38 bits per heavy atom. The first kappa shape index (κ1) is 17.5. The molecule has 0 aliphatic rings. The lowest BCUT2D eigenvalue weighted by Crippen LogP contribution is -2.32. The molecule has 0 saturated carbocycles. The fraction of sp³-hybridized carbons (Fsp3) is 0.588. The van der Waals surface area contributed by atoms with Gasteiger partial charge in [-0.15, -0.1) is 0 Å². The van der Waals surface area contributed by atoms with Crippen LogP contribution >= 0.6 is 0 Å². The quantitative estimate of drug-likeness (QED) is 0.784. The number of methoxy groups -OCH3 is 1. The van der Waals surface area contributed by atoms with Gasteiger partial charge in [0.25, 0.3) is 0 Å². The first-order valence-electron chi connectivity index (χ1n) is 7.37. The van der Waals surface area contributed by atoms with Crippen LogP contribution in [0.2, 0.25) is 0 Å². The second-order valence-electron chi connectivity index (χ2n) is 5.98. The molecule has 0 aliphatic heterocycles. The van der Waals surface area contributed by atoms with Crippen molar-refractivity contribution in [1.29, 1.82) is 0 Å². The fourth-order valence-corrected chi connectivity index (χ4v) is 2.15. The minimum absolute atomic E-state index is 0.200. The summed E-state index contributed by atoms with van der Waals surface area (Å²) < 4.78 is 10.7. The van der Waals surface area contributed by atoms with Gasteiger partial charge >= 0.3 is 5.97 Å². The zero-order valence-electron chi connectivity index (χ0n) is 13.9. The molecule has 1 atom stereocenters. The van der Waals surface area contributed by atoms with E-state index in [1.807, 2.05) is 26.0 Å². The van der Waals surface area contributed by atoms with Crippen molar-refractivity contribution >= 4 is 5.97 Å². The van der Waals surface area contributed by atoms with E-state index in [1.54, 1.807) is 0 Å². The number of nitrogens with one attached hydrogen (secondary N) is 1. The molecule has 4 heteroatoms. The summed E-state index contributed by atoms with van der Waals surface area (Å²) in [6.07, 6.45) is 0. The zero-order valence-corrected chi connectivity index (χ0v) is 13.9. The predicted octanol–water partition coefficient (Wildman–Crippen LogP) is 3.24. The first-order valence-corrected chi connectivity index (χ1v) is 7.37. The fourth-order valence-electron chi connectivity index (χ4n) is 2.15. The van der Waals surface area contributed by atoms with Crippen LogP contribution in [0, 0.1) is 12.3 Å². The minimum Gasteiger partial charge on any atom is -0.492 e. The second-order valence-corrected chi connectivity index (χ2v) is 5.98. The Kier molecular flexibility index (Phi) is 6.21. The van der Waals surface area contributed by atoms with Crippen molar-refractivity contribution in [3.8, 4) is 5.75 Å². The maximum atomic E-state index is 11.7. The third kappa shape index (κ3) is 4.74. The van der Waals surface area contributed by atoms with Gasteiger partial charge in [0.1, 0.15) is 12.4 Å². The van der Waals surface area contributed by atoms with Gasteiger partial charge in [0.2, 0.25) is 0 Å². The first-order chi connectivity index (χ1) is 9.81. The van der Waals surface area contributed by atoms with Gasteiger partial charge in [-0.3, -0.25) is 4.79 Å². The highest BCUT2D eigenvalue weighted by atomic mass is 16.5. The molecule has 0 fully saturated rings. The number of benzene rings is 1. The minimum atomic E-state index is -0.668.